The molecule has 2 aromatic rings. The number of hydrogen-bond acceptors (Lipinski definition) is 5. The third-order valence-electron chi connectivity index (χ3n) is 5.08. The molecule has 3 rings (SSSR count). The minimum absolute atomic E-state index is 0.0135. The highest BCUT2D eigenvalue weighted by atomic mass is 16.2. The Kier molecular flexibility index (Phi) is 6.98. The molecule has 2 heterocycles. The third kappa shape index (κ3) is 5.76. The van der Waals surface area contributed by atoms with Gasteiger partial charge in [-0.2, -0.15) is 0 Å². The van der Waals surface area contributed by atoms with Crippen molar-refractivity contribution in [2.45, 2.75) is 33.2 Å². The lowest BCUT2D eigenvalue weighted by molar-refractivity contribution is -0.123. The lowest BCUT2D eigenvalue weighted by Crippen LogP contribution is -2.50. The van der Waals surface area contributed by atoms with Crippen LogP contribution in [0.3, 0.4) is 0 Å². The Labute approximate surface area is 168 Å². The number of nitrogens with zero attached hydrogens (tertiary/aromatic N) is 4. The van der Waals surface area contributed by atoms with E-state index >= 15 is 0 Å². The number of rotatable bonds is 7. The molecule has 6 heteroatoms. The average Bonchev–Trinajstić information content (AvgIpc) is 2.69. The molecule has 150 valence electrons. The average molecular weight is 382 g/mol. The van der Waals surface area contributed by atoms with Crippen LogP contribution >= 0.6 is 0 Å². The number of hydrogen-bond donors (Lipinski definition) is 1. The van der Waals surface area contributed by atoms with E-state index in [1.165, 1.54) is 5.56 Å². The first kappa shape index (κ1) is 20.3. The maximum absolute atomic E-state index is 12.5. The number of benzene rings is 1. The molecule has 1 aliphatic rings. The molecular weight excluding hydrogens is 350 g/mol. The maximum atomic E-state index is 12.5. The van der Waals surface area contributed by atoms with Crippen LogP contribution in [0.4, 0.5) is 5.95 Å². The van der Waals surface area contributed by atoms with Gasteiger partial charge in [0.2, 0.25) is 11.9 Å². The minimum Gasteiger partial charge on any atom is -0.348 e. The summed E-state index contributed by atoms with van der Waals surface area (Å²) in [5.74, 6) is 1.49. The zero-order chi connectivity index (χ0) is 19.9. The van der Waals surface area contributed by atoms with Crippen LogP contribution < -0.4 is 10.2 Å². The standard InChI is InChI=1S/C22H31N5O/c1-17(2)15-19-5-7-20(8-6-19)18(3)25-21(28)16-26-11-13-27(14-12-26)22-23-9-4-10-24-22/h4-10,17-18H,11-16H2,1-3H3,(H,25,28)/t18-/m0/s1. The summed E-state index contributed by atoms with van der Waals surface area (Å²) in [7, 11) is 0. The molecule has 1 aromatic heterocycles. The third-order valence-corrected chi connectivity index (χ3v) is 5.08. The normalized spacial score (nSPS) is 16.2. The van der Waals surface area contributed by atoms with Crippen molar-refractivity contribution in [3.63, 3.8) is 0 Å². The van der Waals surface area contributed by atoms with Crippen LogP contribution in [0.5, 0.6) is 0 Å². The number of piperazine rings is 1. The molecule has 0 spiro atoms. The first-order chi connectivity index (χ1) is 13.5. The van der Waals surface area contributed by atoms with Gasteiger partial charge in [0, 0.05) is 38.6 Å². The van der Waals surface area contributed by atoms with Crippen LogP contribution in [0.2, 0.25) is 0 Å². The molecule has 0 radical (unpaired) electrons. The molecule has 0 unspecified atom stereocenters. The van der Waals surface area contributed by atoms with Crippen molar-refractivity contribution in [3.8, 4) is 0 Å². The Hall–Kier alpha value is -2.47. The second-order valence-corrected chi connectivity index (χ2v) is 7.94. The summed E-state index contributed by atoms with van der Waals surface area (Å²) in [5, 5.41) is 3.13. The Bertz CT molecular complexity index is 739. The van der Waals surface area contributed by atoms with E-state index in [9.17, 15) is 4.79 Å². The number of anilines is 1. The van der Waals surface area contributed by atoms with Gasteiger partial charge in [0.05, 0.1) is 12.6 Å². The molecule has 0 aliphatic carbocycles. The smallest absolute Gasteiger partial charge is 0.234 e. The lowest BCUT2D eigenvalue weighted by Gasteiger charge is -2.34. The summed E-state index contributed by atoms with van der Waals surface area (Å²) in [6.07, 6.45) is 4.61. The van der Waals surface area contributed by atoms with Crippen LogP contribution in [0.1, 0.15) is 37.9 Å². The second kappa shape index (κ2) is 9.64. The fourth-order valence-electron chi connectivity index (χ4n) is 3.55. The molecule has 1 saturated heterocycles. The van der Waals surface area contributed by atoms with E-state index in [0.29, 0.717) is 12.5 Å². The highest BCUT2D eigenvalue weighted by Gasteiger charge is 2.21. The molecule has 0 saturated carbocycles. The van der Waals surface area contributed by atoms with Gasteiger partial charge in [-0.15, -0.1) is 0 Å². The molecule has 1 aromatic carbocycles. The van der Waals surface area contributed by atoms with E-state index in [-0.39, 0.29) is 11.9 Å². The molecule has 0 bridgehead atoms. The molecule has 1 N–H and O–H groups in total. The van der Waals surface area contributed by atoms with Crippen molar-refractivity contribution in [3.05, 3.63) is 53.9 Å². The molecule has 1 amide bonds. The van der Waals surface area contributed by atoms with E-state index < -0.39 is 0 Å². The fraction of sp³-hybridized carbons (Fsp3) is 0.500. The van der Waals surface area contributed by atoms with Crippen LogP contribution in [0, 0.1) is 5.92 Å². The monoisotopic (exact) mass is 381 g/mol. The summed E-state index contributed by atoms with van der Waals surface area (Å²) in [4.78, 5) is 25.4. The minimum atomic E-state index is 0.0135. The molecule has 1 aliphatic heterocycles. The van der Waals surface area contributed by atoms with Gasteiger partial charge in [-0.1, -0.05) is 38.1 Å². The molecule has 1 atom stereocenters. The van der Waals surface area contributed by atoms with Crippen LogP contribution in [0.15, 0.2) is 42.7 Å². The topological polar surface area (TPSA) is 61.4 Å². The van der Waals surface area contributed by atoms with Gasteiger partial charge in [0.25, 0.3) is 0 Å². The summed E-state index contributed by atoms with van der Waals surface area (Å²) < 4.78 is 0. The highest BCUT2D eigenvalue weighted by Crippen LogP contribution is 2.16. The first-order valence-electron chi connectivity index (χ1n) is 10.1. The lowest BCUT2D eigenvalue weighted by atomic mass is 10.00. The highest BCUT2D eigenvalue weighted by molar-refractivity contribution is 5.78. The van der Waals surface area contributed by atoms with Crippen molar-refractivity contribution < 1.29 is 4.79 Å². The fourth-order valence-corrected chi connectivity index (χ4v) is 3.55. The van der Waals surface area contributed by atoms with Gasteiger partial charge < -0.3 is 10.2 Å². The van der Waals surface area contributed by atoms with Gasteiger partial charge in [0.15, 0.2) is 0 Å². The van der Waals surface area contributed by atoms with Crippen molar-refractivity contribution >= 4 is 11.9 Å². The van der Waals surface area contributed by atoms with Crippen molar-refractivity contribution in [2.24, 2.45) is 5.92 Å². The van der Waals surface area contributed by atoms with Gasteiger partial charge in [-0.05, 0) is 36.5 Å². The Balaban J connectivity index is 1.44. The zero-order valence-electron chi connectivity index (χ0n) is 17.1. The molecule has 6 nitrogen and oxygen atoms in total. The van der Waals surface area contributed by atoms with Gasteiger partial charge in [-0.25, -0.2) is 9.97 Å². The first-order valence-corrected chi connectivity index (χ1v) is 10.1. The summed E-state index contributed by atoms with van der Waals surface area (Å²) in [6, 6.07) is 10.4. The number of amides is 1. The van der Waals surface area contributed by atoms with E-state index in [2.05, 4.69) is 63.2 Å². The second-order valence-electron chi connectivity index (χ2n) is 7.94. The van der Waals surface area contributed by atoms with E-state index in [4.69, 9.17) is 0 Å². The maximum Gasteiger partial charge on any atom is 0.234 e. The quantitative estimate of drug-likeness (QED) is 0.799. The number of aromatic nitrogens is 2. The SMILES string of the molecule is CC(C)Cc1ccc([C@H](C)NC(=O)CN2CCN(c3ncccn3)CC2)cc1. The predicted molar refractivity (Wildman–Crippen MR) is 112 cm³/mol. The Morgan fingerprint density at radius 2 is 1.68 bits per heavy atom. The molecular formula is C22H31N5O. The van der Waals surface area contributed by atoms with Crippen LogP contribution in [-0.2, 0) is 11.2 Å². The van der Waals surface area contributed by atoms with E-state index in [1.807, 2.05) is 13.0 Å². The Morgan fingerprint density at radius 1 is 1.04 bits per heavy atom. The number of nitrogens with one attached hydrogen (secondary N) is 1. The van der Waals surface area contributed by atoms with Gasteiger partial charge in [0.1, 0.15) is 0 Å². The summed E-state index contributed by atoms with van der Waals surface area (Å²) in [6.45, 7) is 10.3. The molecule has 28 heavy (non-hydrogen) atoms. The number of carbonyl (C=O) groups excluding carboxylic acids is 1. The van der Waals surface area contributed by atoms with Crippen LogP contribution in [-0.4, -0.2) is 53.5 Å². The van der Waals surface area contributed by atoms with E-state index in [0.717, 1.165) is 44.1 Å². The Morgan fingerprint density at radius 3 is 2.29 bits per heavy atom. The van der Waals surface area contributed by atoms with Crippen molar-refractivity contribution in [2.75, 3.05) is 37.6 Å². The van der Waals surface area contributed by atoms with Crippen LogP contribution in [0.25, 0.3) is 0 Å². The van der Waals surface area contributed by atoms with E-state index in [1.54, 1.807) is 12.4 Å². The largest absolute Gasteiger partial charge is 0.348 e. The number of carbonyl (C=O) groups is 1. The predicted octanol–water partition coefficient (Wildman–Crippen LogP) is 2.67. The van der Waals surface area contributed by atoms with Crippen molar-refractivity contribution in [1.82, 2.24) is 20.2 Å². The summed E-state index contributed by atoms with van der Waals surface area (Å²) in [5.41, 5.74) is 2.49. The molecule has 1 fully saturated rings. The van der Waals surface area contributed by atoms with Crippen molar-refractivity contribution in [1.29, 1.82) is 0 Å². The van der Waals surface area contributed by atoms with Gasteiger partial charge >= 0.3 is 0 Å². The zero-order valence-corrected chi connectivity index (χ0v) is 17.1. The summed E-state index contributed by atoms with van der Waals surface area (Å²) >= 11 is 0. The van der Waals surface area contributed by atoms with Gasteiger partial charge in [-0.3, -0.25) is 9.69 Å².